The molecule has 0 aromatic heterocycles. The van der Waals surface area contributed by atoms with Crippen molar-refractivity contribution in [2.45, 2.75) is 69.7 Å². The minimum atomic E-state index is -3.95. The number of nitrogens with zero attached hydrogens (tertiary/aromatic N) is 2. The van der Waals surface area contributed by atoms with Crippen LogP contribution in [0, 0.1) is 5.92 Å². The van der Waals surface area contributed by atoms with Gasteiger partial charge in [0.15, 0.2) is 0 Å². The van der Waals surface area contributed by atoms with Crippen LogP contribution in [0.4, 0.5) is 5.69 Å². The lowest BCUT2D eigenvalue weighted by Crippen LogP contribution is -2.47. The van der Waals surface area contributed by atoms with Gasteiger partial charge in [-0.2, -0.15) is 0 Å². The molecule has 3 aromatic carbocycles. The minimum absolute atomic E-state index is 0.0424. The molecule has 3 aromatic rings. The molecule has 0 saturated heterocycles. The number of sulfonamides is 1. The Bertz CT molecular complexity index is 1520. The predicted molar refractivity (Wildman–Crippen MR) is 182 cm³/mol. The Labute approximate surface area is 278 Å². The summed E-state index contributed by atoms with van der Waals surface area (Å²) < 4.78 is 41.6. The summed E-state index contributed by atoms with van der Waals surface area (Å²) in [6.45, 7) is 7.91. The SMILES string of the molecule is C[C@@H]1CCCCO[C@H](CN(C)Cc2ccccc2)[C@H](C)CN([C@@H](C)CO)C(=O)c2cc(NS(=O)(=O)c3ccc(Cl)cc3)ccc2O1. The summed E-state index contributed by atoms with van der Waals surface area (Å²) in [6.07, 6.45) is 2.16. The molecule has 9 nitrogen and oxygen atoms in total. The highest BCUT2D eigenvalue weighted by Gasteiger charge is 2.30. The average Bonchev–Trinajstić information content (AvgIpc) is 3.03. The third kappa shape index (κ3) is 9.92. The molecule has 0 aliphatic carbocycles. The van der Waals surface area contributed by atoms with E-state index in [4.69, 9.17) is 21.1 Å². The van der Waals surface area contributed by atoms with Crippen molar-refractivity contribution in [1.29, 1.82) is 0 Å². The normalized spacial score (nSPS) is 20.8. The summed E-state index contributed by atoms with van der Waals surface area (Å²) in [5, 5.41) is 10.6. The van der Waals surface area contributed by atoms with E-state index in [0.29, 0.717) is 30.5 Å². The number of ether oxygens (including phenoxy) is 2. The number of nitrogens with one attached hydrogen (secondary N) is 1. The lowest BCUT2D eigenvalue weighted by Gasteiger charge is -2.36. The Morgan fingerprint density at radius 3 is 2.48 bits per heavy atom. The Morgan fingerprint density at radius 1 is 1.07 bits per heavy atom. The molecule has 1 aliphatic rings. The maximum atomic E-state index is 14.3. The number of aliphatic hydroxyl groups excluding tert-OH is 1. The summed E-state index contributed by atoms with van der Waals surface area (Å²) in [4.78, 5) is 18.2. The highest BCUT2D eigenvalue weighted by atomic mass is 35.5. The van der Waals surface area contributed by atoms with Crippen LogP contribution < -0.4 is 9.46 Å². The fraction of sp³-hybridized carbons (Fsp3) is 0.457. The number of anilines is 1. The van der Waals surface area contributed by atoms with Crippen LogP contribution in [0.2, 0.25) is 5.02 Å². The van der Waals surface area contributed by atoms with Gasteiger partial charge in [0.25, 0.3) is 15.9 Å². The Morgan fingerprint density at radius 2 is 1.78 bits per heavy atom. The molecule has 1 aliphatic heterocycles. The number of carbonyl (C=O) groups excluding carboxylic acids is 1. The van der Waals surface area contributed by atoms with Crippen molar-refractivity contribution in [2.24, 2.45) is 5.92 Å². The van der Waals surface area contributed by atoms with Gasteiger partial charge >= 0.3 is 0 Å². The van der Waals surface area contributed by atoms with Crippen LogP contribution in [0.25, 0.3) is 0 Å². The fourth-order valence-corrected chi connectivity index (χ4v) is 6.72. The van der Waals surface area contributed by atoms with Gasteiger partial charge in [-0.15, -0.1) is 0 Å². The summed E-state index contributed by atoms with van der Waals surface area (Å²) in [6, 6.07) is 20.3. The number of fused-ring (bicyclic) bond motifs is 1. The monoisotopic (exact) mass is 671 g/mol. The molecule has 0 fully saturated rings. The van der Waals surface area contributed by atoms with E-state index in [1.165, 1.54) is 35.9 Å². The number of hydrogen-bond acceptors (Lipinski definition) is 7. The second kappa shape index (κ2) is 16.6. The van der Waals surface area contributed by atoms with Crippen LogP contribution in [-0.2, 0) is 21.3 Å². The number of aliphatic hydroxyl groups is 1. The highest BCUT2D eigenvalue weighted by molar-refractivity contribution is 7.92. The van der Waals surface area contributed by atoms with Gasteiger partial charge in [-0.3, -0.25) is 14.4 Å². The molecular weight excluding hydrogens is 626 g/mol. The van der Waals surface area contributed by atoms with Gasteiger partial charge in [0, 0.05) is 42.9 Å². The number of benzene rings is 3. The highest BCUT2D eigenvalue weighted by Crippen LogP contribution is 2.30. The molecule has 1 heterocycles. The van der Waals surface area contributed by atoms with E-state index >= 15 is 0 Å². The third-order valence-electron chi connectivity index (χ3n) is 8.21. The number of rotatable bonds is 9. The van der Waals surface area contributed by atoms with E-state index < -0.39 is 16.1 Å². The number of carbonyl (C=O) groups is 1. The summed E-state index contributed by atoms with van der Waals surface area (Å²) in [5.74, 6) is -0.0761. The molecule has 0 spiro atoms. The number of hydrogen-bond donors (Lipinski definition) is 2. The number of likely N-dealkylation sites (N-methyl/N-ethyl adjacent to an activating group) is 1. The first-order chi connectivity index (χ1) is 22.0. The molecule has 0 unspecified atom stereocenters. The van der Waals surface area contributed by atoms with Crippen LogP contribution in [0.3, 0.4) is 0 Å². The van der Waals surface area contributed by atoms with Crippen LogP contribution in [0.5, 0.6) is 5.75 Å². The van der Waals surface area contributed by atoms with E-state index in [-0.39, 0.29) is 46.8 Å². The van der Waals surface area contributed by atoms with Gasteiger partial charge in [-0.1, -0.05) is 48.9 Å². The molecule has 0 saturated carbocycles. The zero-order valence-corrected chi connectivity index (χ0v) is 28.6. The quantitative estimate of drug-likeness (QED) is 0.284. The maximum Gasteiger partial charge on any atom is 0.261 e. The van der Waals surface area contributed by atoms with Crippen molar-refractivity contribution < 1.29 is 27.8 Å². The van der Waals surface area contributed by atoms with Crippen LogP contribution in [0.1, 0.15) is 56.0 Å². The largest absolute Gasteiger partial charge is 0.490 e. The van der Waals surface area contributed by atoms with Gasteiger partial charge < -0.3 is 19.5 Å². The van der Waals surface area contributed by atoms with Crippen molar-refractivity contribution >= 4 is 33.2 Å². The molecule has 4 atom stereocenters. The van der Waals surface area contributed by atoms with E-state index in [1.807, 2.05) is 25.1 Å². The molecular formula is C35H46ClN3O6S. The summed E-state index contributed by atoms with van der Waals surface area (Å²) in [5.41, 5.74) is 1.64. The van der Waals surface area contributed by atoms with Crippen LogP contribution in [0.15, 0.2) is 77.7 Å². The topological polar surface area (TPSA) is 108 Å². The van der Waals surface area contributed by atoms with Crippen molar-refractivity contribution in [2.75, 3.05) is 38.1 Å². The van der Waals surface area contributed by atoms with E-state index in [9.17, 15) is 18.3 Å². The molecule has 2 N–H and O–H groups in total. The van der Waals surface area contributed by atoms with E-state index in [2.05, 4.69) is 35.7 Å². The first kappa shape index (κ1) is 35.7. The standard InChI is InChI=1S/C35H46ClN3O6S/c1-25-21-39(26(2)24-40)35(41)32-20-30(37-46(42,43)31-16-13-29(36)14-17-31)15-18-33(32)45-27(3)10-8-9-19-44-34(25)23-38(4)22-28-11-6-5-7-12-28/h5-7,11-18,20,25-27,34,37,40H,8-10,19,21-24H2,1-4H3/t25-,26+,27-,34-/m1/s1. The number of amides is 1. The Hall–Kier alpha value is -3.15. The van der Waals surface area contributed by atoms with Crippen LogP contribution in [-0.4, -0.2) is 80.8 Å². The first-order valence-electron chi connectivity index (χ1n) is 15.8. The smallest absolute Gasteiger partial charge is 0.261 e. The Kier molecular flexibility index (Phi) is 12.9. The van der Waals surface area contributed by atoms with Crippen molar-refractivity contribution in [3.63, 3.8) is 0 Å². The zero-order valence-electron chi connectivity index (χ0n) is 27.1. The molecule has 250 valence electrons. The van der Waals surface area contributed by atoms with Gasteiger partial charge in [-0.25, -0.2) is 8.42 Å². The number of halogens is 1. The second-order valence-electron chi connectivity index (χ2n) is 12.3. The second-order valence-corrected chi connectivity index (χ2v) is 14.4. The predicted octanol–water partition coefficient (Wildman–Crippen LogP) is 6.07. The summed E-state index contributed by atoms with van der Waals surface area (Å²) >= 11 is 5.95. The molecule has 0 bridgehead atoms. The van der Waals surface area contributed by atoms with Gasteiger partial charge in [0.2, 0.25) is 0 Å². The fourth-order valence-electron chi connectivity index (χ4n) is 5.54. The van der Waals surface area contributed by atoms with E-state index in [0.717, 1.165) is 25.8 Å². The maximum absolute atomic E-state index is 14.3. The van der Waals surface area contributed by atoms with Crippen molar-refractivity contribution in [1.82, 2.24) is 9.80 Å². The third-order valence-corrected chi connectivity index (χ3v) is 9.86. The van der Waals surface area contributed by atoms with Crippen molar-refractivity contribution in [3.8, 4) is 5.75 Å². The molecule has 0 radical (unpaired) electrons. The minimum Gasteiger partial charge on any atom is -0.490 e. The van der Waals surface area contributed by atoms with Crippen molar-refractivity contribution in [3.05, 3.63) is 88.9 Å². The lowest BCUT2D eigenvalue weighted by atomic mass is 10.0. The van der Waals surface area contributed by atoms with Gasteiger partial charge in [0.1, 0.15) is 5.75 Å². The molecule has 46 heavy (non-hydrogen) atoms. The zero-order chi connectivity index (χ0) is 33.3. The first-order valence-corrected chi connectivity index (χ1v) is 17.7. The lowest BCUT2D eigenvalue weighted by molar-refractivity contribution is -0.0177. The molecule has 1 amide bonds. The Balaban J connectivity index is 1.64. The van der Waals surface area contributed by atoms with Gasteiger partial charge in [0.05, 0.1) is 35.3 Å². The summed E-state index contributed by atoms with van der Waals surface area (Å²) in [7, 11) is -1.89. The molecule has 11 heteroatoms. The molecule has 4 rings (SSSR count). The van der Waals surface area contributed by atoms with Gasteiger partial charge in [-0.05, 0) is 88.2 Å². The average molecular weight is 672 g/mol. The van der Waals surface area contributed by atoms with E-state index in [1.54, 1.807) is 24.0 Å². The van der Waals surface area contributed by atoms with Crippen LogP contribution >= 0.6 is 11.6 Å².